The fourth-order valence-electron chi connectivity index (χ4n) is 3.40. The molecule has 2 fully saturated rings. The van der Waals surface area contributed by atoms with Crippen molar-refractivity contribution in [3.05, 3.63) is 17.9 Å². The molecule has 0 aromatic heterocycles. The van der Waals surface area contributed by atoms with Crippen molar-refractivity contribution < 1.29 is 9.13 Å². The number of nitrogens with zero attached hydrogens (tertiary/aromatic N) is 2. The van der Waals surface area contributed by atoms with Crippen molar-refractivity contribution in [2.24, 2.45) is 0 Å². The van der Waals surface area contributed by atoms with E-state index in [-0.39, 0.29) is 5.82 Å². The van der Waals surface area contributed by atoms with Gasteiger partial charge in [0.2, 0.25) is 0 Å². The molecule has 1 atom stereocenters. The van der Waals surface area contributed by atoms with Crippen LogP contribution in [0.5, 0.6) is 5.75 Å². The lowest BCUT2D eigenvalue weighted by atomic mass is 10.1. The largest absolute Gasteiger partial charge is 0.495 e. The number of fused-ring (bicyclic) bond motifs is 1. The highest BCUT2D eigenvalue weighted by Gasteiger charge is 2.29. The Balaban J connectivity index is 1.87. The van der Waals surface area contributed by atoms with E-state index in [0.29, 0.717) is 23.2 Å². The molecule has 2 aliphatic heterocycles. The Bertz CT molecular complexity index is 494. The van der Waals surface area contributed by atoms with Gasteiger partial charge in [0.1, 0.15) is 11.6 Å². The molecule has 1 aromatic carbocycles. The van der Waals surface area contributed by atoms with Crippen molar-refractivity contribution in [1.29, 1.82) is 0 Å². The molecule has 0 aliphatic carbocycles. The van der Waals surface area contributed by atoms with Crippen LogP contribution in [0.15, 0.2) is 12.1 Å². The minimum atomic E-state index is -0.255. The van der Waals surface area contributed by atoms with Gasteiger partial charge in [-0.2, -0.15) is 0 Å². The average molecular weight is 279 g/mol. The highest BCUT2D eigenvalue weighted by Crippen LogP contribution is 2.32. The van der Waals surface area contributed by atoms with Gasteiger partial charge < -0.3 is 15.4 Å². The Hall–Kier alpha value is -1.49. The summed E-state index contributed by atoms with van der Waals surface area (Å²) in [4.78, 5) is 4.68. The van der Waals surface area contributed by atoms with Gasteiger partial charge in [0, 0.05) is 37.8 Å². The molecule has 110 valence electrons. The van der Waals surface area contributed by atoms with Crippen molar-refractivity contribution in [1.82, 2.24) is 4.90 Å². The number of rotatable bonds is 2. The maximum Gasteiger partial charge on any atom is 0.148 e. The zero-order chi connectivity index (χ0) is 14.1. The second-order valence-electron chi connectivity index (χ2n) is 5.68. The summed E-state index contributed by atoms with van der Waals surface area (Å²) in [6.07, 6.45) is 3.54. The third-order valence-electron chi connectivity index (χ3n) is 4.44. The standard InChI is InChI=1S/C15H22FN3O/c1-20-15-9-14(12(16)8-13(15)17)19-7-3-6-18-5-2-4-11(18)10-19/h8-9,11H,2-7,10,17H2,1H3. The first-order valence-corrected chi connectivity index (χ1v) is 7.31. The van der Waals surface area contributed by atoms with Crippen LogP contribution in [0, 0.1) is 5.82 Å². The van der Waals surface area contributed by atoms with Gasteiger partial charge in [0.25, 0.3) is 0 Å². The number of anilines is 2. The summed E-state index contributed by atoms with van der Waals surface area (Å²) in [6, 6.07) is 3.65. The molecule has 4 nitrogen and oxygen atoms in total. The van der Waals surface area contributed by atoms with Crippen molar-refractivity contribution in [2.45, 2.75) is 25.3 Å². The minimum Gasteiger partial charge on any atom is -0.495 e. The zero-order valence-corrected chi connectivity index (χ0v) is 11.9. The first kappa shape index (κ1) is 13.5. The Morgan fingerprint density at radius 1 is 1.25 bits per heavy atom. The van der Waals surface area contributed by atoms with Crippen LogP contribution in [0.1, 0.15) is 19.3 Å². The smallest absolute Gasteiger partial charge is 0.148 e. The number of halogens is 1. The van der Waals surface area contributed by atoms with Crippen LogP contribution >= 0.6 is 0 Å². The SMILES string of the molecule is COc1cc(N2CCCN3CCCC3C2)c(F)cc1N. The molecule has 0 radical (unpaired) electrons. The van der Waals surface area contributed by atoms with Gasteiger partial charge in [0.05, 0.1) is 18.5 Å². The molecule has 0 spiro atoms. The number of benzene rings is 1. The minimum absolute atomic E-state index is 0.255. The van der Waals surface area contributed by atoms with E-state index in [1.165, 1.54) is 25.5 Å². The molecular weight excluding hydrogens is 257 g/mol. The van der Waals surface area contributed by atoms with Crippen LogP contribution in [0.25, 0.3) is 0 Å². The normalized spacial score (nSPS) is 23.5. The fourth-order valence-corrected chi connectivity index (χ4v) is 3.40. The fraction of sp³-hybridized carbons (Fsp3) is 0.600. The molecule has 1 aromatic rings. The third kappa shape index (κ3) is 2.42. The number of hydrogen-bond acceptors (Lipinski definition) is 4. The molecule has 2 N–H and O–H groups in total. The summed E-state index contributed by atoms with van der Waals surface area (Å²) in [7, 11) is 1.56. The maximum atomic E-state index is 14.2. The number of hydrogen-bond donors (Lipinski definition) is 1. The van der Waals surface area contributed by atoms with Gasteiger partial charge in [-0.15, -0.1) is 0 Å². The Kier molecular flexibility index (Phi) is 3.70. The number of nitrogens with two attached hydrogens (primary N) is 1. The summed E-state index contributed by atoms with van der Waals surface area (Å²) in [5, 5.41) is 0. The summed E-state index contributed by atoms with van der Waals surface area (Å²) in [5.41, 5.74) is 6.72. The number of nitrogen functional groups attached to an aromatic ring is 1. The molecule has 0 amide bonds. The predicted molar refractivity (Wildman–Crippen MR) is 78.8 cm³/mol. The second kappa shape index (κ2) is 5.48. The van der Waals surface area contributed by atoms with Crippen LogP contribution in [0.2, 0.25) is 0 Å². The Morgan fingerprint density at radius 3 is 2.85 bits per heavy atom. The van der Waals surface area contributed by atoms with Crippen LogP contribution in [-0.4, -0.2) is 44.2 Å². The van der Waals surface area contributed by atoms with Gasteiger partial charge in [-0.05, 0) is 25.8 Å². The van der Waals surface area contributed by atoms with Crippen molar-refractivity contribution >= 4 is 11.4 Å². The van der Waals surface area contributed by atoms with Crippen molar-refractivity contribution in [3.8, 4) is 5.75 Å². The van der Waals surface area contributed by atoms with E-state index in [9.17, 15) is 4.39 Å². The maximum absolute atomic E-state index is 14.2. The molecule has 5 heteroatoms. The van der Waals surface area contributed by atoms with Gasteiger partial charge in [-0.25, -0.2) is 4.39 Å². The molecule has 3 rings (SSSR count). The van der Waals surface area contributed by atoms with Gasteiger partial charge in [0.15, 0.2) is 0 Å². The number of methoxy groups -OCH3 is 1. The lowest BCUT2D eigenvalue weighted by molar-refractivity contribution is 0.273. The molecule has 1 unspecified atom stereocenters. The summed E-state index contributed by atoms with van der Waals surface area (Å²) in [6.45, 7) is 4.09. The summed E-state index contributed by atoms with van der Waals surface area (Å²) >= 11 is 0. The van der Waals surface area contributed by atoms with Crippen LogP contribution in [-0.2, 0) is 0 Å². The van der Waals surface area contributed by atoms with E-state index >= 15 is 0 Å². The van der Waals surface area contributed by atoms with Gasteiger partial charge in [-0.3, -0.25) is 4.90 Å². The topological polar surface area (TPSA) is 41.7 Å². The Morgan fingerprint density at radius 2 is 2.05 bits per heavy atom. The van der Waals surface area contributed by atoms with E-state index in [4.69, 9.17) is 10.5 Å². The van der Waals surface area contributed by atoms with E-state index in [1.807, 2.05) is 0 Å². The number of ether oxygens (including phenoxy) is 1. The molecule has 20 heavy (non-hydrogen) atoms. The highest BCUT2D eigenvalue weighted by molar-refractivity contribution is 5.63. The van der Waals surface area contributed by atoms with Gasteiger partial charge in [-0.1, -0.05) is 0 Å². The average Bonchev–Trinajstić information content (AvgIpc) is 2.77. The first-order valence-electron chi connectivity index (χ1n) is 7.31. The van der Waals surface area contributed by atoms with E-state index in [0.717, 1.165) is 26.1 Å². The van der Waals surface area contributed by atoms with E-state index in [1.54, 1.807) is 13.2 Å². The lowest BCUT2D eigenvalue weighted by Crippen LogP contribution is -2.37. The first-order chi connectivity index (χ1) is 9.69. The zero-order valence-electron chi connectivity index (χ0n) is 11.9. The van der Waals surface area contributed by atoms with Crippen LogP contribution < -0.4 is 15.4 Å². The van der Waals surface area contributed by atoms with Crippen LogP contribution in [0.3, 0.4) is 0 Å². The Labute approximate surface area is 119 Å². The van der Waals surface area contributed by atoms with Crippen molar-refractivity contribution in [2.75, 3.05) is 43.9 Å². The molecule has 2 saturated heterocycles. The summed E-state index contributed by atoms with van der Waals surface area (Å²) < 4.78 is 19.5. The van der Waals surface area contributed by atoms with E-state index < -0.39 is 0 Å². The molecule has 0 bridgehead atoms. The monoisotopic (exact) mass is 279 g/mol. The highest BCUT2D eigenvalue weighted by atomic mass is 19.1. The predicted octanol–water partition coefficient (Wildman–Crippen LogP) is 2.09. The molecule has 0 saturated carbocycles. The lowest BCUT2D eigenvalue weighted by Gasteiger charge is -2.28. The summed E-state index contributed by atoms with van der Waals surface area (Å²) in [5.74, 6) is 0.295. The van der Waals surface area contributed by atoms with E-state index in [2.05, 4.69) is 9.80 Å². The molecular formula is C15H22FN3O. The van der Waals surface area contributed by atoms with Crippen molar-refractivity contribution in [3.63, 3.8) is 0 Å². The quantitative estimate of drug-likeness (QED) is 0.842. The molecule has 2 aliphatic rings. The second-order valence-corrected chi connectivity index (χ2v) is 5.68. The van der Waals surface area contributed by atoms with Crippen LogP contribution in [0.4, 0.5) is 15.8 Å². The molecule has 2 heterocycles. The third-order valence-corrected chi connectivity index (χ3v) is 4.44. The van der Waals surface area contributed by atoms with Gasteiger partial charge >= 0.3 is 0 Å².